The van der Waals surface area contributed by atoms with Gasteiger partial charge in [-0.25, -0.2) is 12.8 Å². The summed E-state index contributed by atoms with van der Waals surface area (Å²) >= 11 is 5.94. The lowest BCUT2D eigenvalue weighted by molar-refractivity contribution is 0.597. The third-order valence-corrected chi connectivity index (χ3v) is 5.19. The van der Waals surface area contributed by atoms with Crippen LogP contribution in [0.2, 0.25) is 5.02 Å². The molecule has 0 fully saturated rings. The zero-order valence-electron chi connectivity index (χ0n) is 11.4. The summed E-state index contributed by atoms with van der Waals surface area (Å²) < 4.78 is 36.3. The van der Waals surface area contributed by atoms with Gasteiger partial charge in [-0.2, -0.15) is 0 Å². The SMILES string of the molecule is CCS(=O)(=O)c1ccc(NCc2ccc(F)cc2Cl)cc1. The third kappa shape index (κ3) is 3.95. The van der Waals surface area contributed by atoms with Crippen LogP contribution in [-0.2, 0) is 16.4 Å². The highest BCUT2D eigenvalue weighted by Gasteiger charge is 2.10. The van der Waals surface area contributed by atoms with E-state index < -0.39 is 9.84 Å². The molecule has 0 heterocycles. The number of rotatable bonds is 5. The number of hydrogen-bond acceptors (Lipinski definition) is 3. The van der Waals surface area contributed by atoms with Crippen molar-refractivity contribution >= 4 is 27.1 Å². The quantitative estimate of drug-likeness (QED) is 0.906. The van der Waals surface area contributed by atoms with Crippen molar-refractivity contribution in [1.82, 2.24) is 0 Å². The van der Waals surface area contributed by atoms with Crippen LogP contribution in [0.4, 0.5) is 10.1 Å². The van der Waals surface area contributed by atoms with Crippen LogP contribution in [0.15, 0.2) is 47.4 Å². The van der Waals surface area contributed by atoms with Crippen molar-refractivity contribution in [2.75, 3.05) is 11.1 Å². The average Bonchev–Trinajstić information content (AvgIpc) is 2.47. The summed E-state index contributed by atoms with van der Waals surface area (Å²) in [6.07, 6.45) is 0. The fraction of sp³-hybridized carbons (Fsp3) is 0.200. The fourth-order valence-electron chi connectivity index (χ4n) is 1.81. The number of anilines is 1. The fourth-order valence-corrected chi connectivity index (χ4v) is 2.93. The second-order valence-corrected chi connectivity index (χ2v) is 7.20. The smallest absolute Gasteiger partial charge is 0.178 e. The number of halogens is 2. The first-order valence-corrected chi connectivity index (χ1v) is 8.46. The van der Waals surface area contributed by atoms with E-state index in [0.29, 0.717) is 16.5 Å². The second kappa shape index (κ2) is 6.45. The van der Waals surface area contributed by atoms with E-state index in [1.165, 1.54) is 12.1 Å². The molecule has 112 valence electrons. The average molecular weight is 328 g/mol. The van der Waals surface area contributed by atoms with Crippen molar-refractivity contribution < 1.29 is 12.8 Å². The van der Waals surface area contributed by atoms with Crippen molar-refractivity contribution in [2.24, 2.45) is 0 Å². The molecule has 1 N–H and O–H groups in total. The van der Waals surface area contributed by atoms with Crippen molar-refractivity contribution in [3.05, 3.63) is 58.9 Å². The summed E-state index contributed by atoms with van der Waals surface area (Å²) in [4.78, 5) is 0.301. The summed E-state index contributed by atoms with van der Waals surface area (Å²) in [6, 6.07) is 10.7. The van der Waals surface area contributed by atoms with Crippen LogP contribution < -0.4 is 5.32 Å². The van der Waals surface area contributed by atoms with Crippen LogP contribution >= 0.6 is 11.6 Å². The number of benzene rings is 2. The third-order valence-electron chi connectivity index (χ3n) is 3.09. The van der Waals surface area contributed by atoms with Crippen LogP contribution in [-0.4, -0.2) is 14.2 Å². The molecule has 0 aromatic heterocycles. The molecule has 0 saturated carbocycles. The molecule has 2 aromatic carbocycles. The van der Waals surface area contributed by atoms with Crippen molar-refractivity contribution in [3.63, 3.8) is 0 Å². The lowest BCUT2D eigenvalue weighted by Crippen LogP contribution is -2.04. The van der Waals surface area contributed by atoms with Gasteiger partial charge >= 0.3 is 0 Å². The molecule has 0 saturated heterocycles. The summed E-state index contributed by atoms with van der Waals surface area (Å²) in [5.74, 6) is -0.303. The summed E-state index contributed by atoms with van der Waals surface area (Å²) in [6.45, 7) is 2.04. The Hall–Kier alpha value is -1.59. The molecule has 21 heavy (non-hydrogen) atoms. The summed E-state index contributed by atoms with van der Waals surface area (Å²) in [5.41, 5.74) is 1.54. The minimum absolute atomic E-state index is 0.0744. The van der Waals surface area contributed by atoms with Crippen molar-refractivity contribution in [2.45, 2.75) is 18.4 Å². The Kier molecular flexibility index (Phi) is 4.85. The lowest BCUT2D eigenvalue weighted by atomic mass is 10.2. The predicted octanol–water partition coefficient (Wildman–Crippen LogP) is 3.88. The highest BCUT2D eigenvalue weighted by Crippen LogP contribution is 2.20. The molecule has 6 heteroatoms. The molecule has 0 bridgehead atoms. The van der Waals surface area contributed by atoms with Gasteiger partial charge in [0.2, 0.25) is 0 Å². The van der Waals surface area contributed by atoms with Gasteiger partial charge in [-0.1, -0.05) is 24.6 Å². The molecular weight excluding hydrogens is 313 g/mol. The number of hydrogen-bond donors (Lipinski definition) is 1. The Morgan fingerprint density at radius 2 is 1.81 bits per heavy atom. The largest absolute Gasteiger partial charge is 0.381 e. The molecule has 0 aliphatic carbocycles. The molecule has 3 nitrogen and oxygen atoms in total. The zero-order chi connectivity index (χ0) is 15.5. The number of sulfone groups is 1. The van der Waals surface area contributed by atoms with Crippen molar-refractivity contribution in [1.29, 1.82) is 0 Å². The second-order valence-electron chi connectivity index (χ2n) is 4.52. The number of nitrogens with one attached hydrogen (secondary N) is 1. The monoisotopic (exact) mass is 327 g/mol. The van der Waals surface area contributed by atoms with Gasteiger partial charge in [0.05, 0.1) is 10.6 Å². The Labute approximate surface area is 128 Å². The first-order chi connectivity index (χ1) is 9.92. The zero-order valence-corrected chi connectivity index (χ0v) is 13.0. The predicted molar refractivity (Wildman–Crippen MR) is 82.9 cm³/mol. The van der Waals surface area contributed by atoms with Crippen molar-refractivity contribution in [3.8, 4) is 0 Å². The van der Waals surface area contributed by atoms with Gasteiger partial charge in [-0.3, -0.25) is 0 Å². The molecular formula is C15H15ClFNO2S. The highest BCUT2D eigenvalue weighted by atomic mass is 35.5. The minimum Gasteiger partial charge on any atom is -0.381 e. The molecule has 0 spiro atoms. The van der Waals surface area contributed by atoms with Gasteiger partial charge in [0.1, 0.15) is 5.82 Å². The van der Waals surface area contributed by atoms with E-state index in [9.17, 15) is 12.8 Å². The lowest BCUT2D eigenvalue weighted by Gasteiger charge is -2.09. The maximum absolute atomic E-state index is 12.9. The Morgan fingerprint density at radius 1 is 1.14 bits per heavy atom. The molecule has 0 atom stereocenters. The maximum atomic E-state index is 12.9. The van der Waals surface area contributed by atoms with Gasteiger partial charge in [0, 0.05) is 17.3 Å². The topological polar surface area (TPSA) is 46.2 Å². The van der Waals surface area contributed by atoms with Crippen LogP contribution in [0, 0.1) is 5.82 Å². The molecule has 0 aliphatic heterocycles. The molecule has 2 aromatic rings. The maximum Gasteiger partial charge on any atom is 0.178 e. The normalized spacial score (nSPS) is 11.4. The Morgan fingerprint density at radius 3 is 2.38 bits per heavy atom. The molecule has 0 aliphatic rings. The molecule has 0 radical (unpaired) electrons. The Balaban J connectivity index is 2.07. The minimum atomic E-state index is -3.18. The van der Waals surface area contributed by atoms with Crippen LogP contribution in [0.3, 0.4) is 0 Å². The first kappa shape index (κ1) is 15.8. The van der Waals surface area contributed by atoms with Crippen LogP contribution in [0.1, 0.15) is 12.5 Å². The molecule has 0 amide bonds. The highest BCUT2D eigenvalue weighted by molar-refractivity contribution is 7.91. The van der Waals surface area contributed by atoms with Gasteiger partial charge < -0.3 is 5.32 Å². The van der Waals surface area contributed by atoms with E-state index in [0.717, 1.165) is 11.3 Å². The van der Waals surface area contributed by atoms with E-state index in [2.05, 4.69) is 5.32 Å². The van der Waals surface area contributed by atoms with E-state index in [-0.39, 0.29) is 11.6 Å². The standard InChI is InChI=1S/C15H15ClFNO2S/c1-2-21(19,20)14-7-5-13(6-8-14)18-10-11-3-4-12(17)9-15(11)16/h3-9,18H,2,10H2,1H3. The van der Waals surface area contributed by atoms with E-state index >= 15 is 0 Å². The van der Waals surface area contributed by atoms with E-state index in [1.54, 1.807) is 37.3 Å². The van der Waals surface area contributed by atoms with Gasteiger partial charge in [-0.15, -0.1) is 0 Å². The molecule has 2 rings (SSSR count). The summed E-state index contributed by atoms with van der Waals surface area (Å²) in [5, 5.41) is 3.47. The van der Waals surface area contributed by atoms with E-state index in [1.807, 2.05) is 0 Å². The molecule has 0 unspecified atom stereocenters. The summed E-state index contributed by atoms with van der Waals surface area (Å²) in [7, 11) is -3.18. The van der Waals surface area contributed by atoms with Crippen LogP contribution in [0.25, 0.3) is 0 Å². The van der Waals surface area contributed by atoms with E-state index in [4.69, 9.17) is 11.6 Å². The first-order valence-electron chi connectivity index (χ1n) is 6.43. The Bertz CT molecular complexity index is 730. The van der Waals surface area contributed by atoms with Gasteiger partial charge in [-0.05, 0) is 42.0 Å². The van der Waals surface area contributed by atoms with Gasteiger partial charge in [0.15, 0.2) is 9.84 Å². The van der Waals surface area contributed by atoms with Gasteiger partial charge in [0.25, 0.3) is 0 Å². The van der Waals surface area contributed by atoms with Crippen LogP contribution in [0.5, 0.6) is 0 Å².